The molecule has 0 saturated carbocycles. The van der Waals surface area contributed by atoms with E-state index in [1.807, 2.05) is 13.0 Å². The van der Waals surface area contributed by atoms with Crippen molar-refractivity contribution >= 4 is 12.1 Å². The number of methoxy groups -OCH3 is 1. The number of aromatic nitrogens is 1. The van der Waals surface area contributed by atoms with Crippen molar-refractivity contribution in [2.45, 2.75) is 27.7 Å². The van der Waals surface area contributed by atoms with Gasteiger partial charge in [0.25, 0.3) is 5.91 Å². The van der Waals surface area contributed by atoms with Crippen molar-refractivity contribution in [3.8, 4) is 17.2 Å². The Bertz CT molecular complexity index is 1070. The Kier molecular flexibility index (Phi) is 6.57. The zero-order valence-electron chi connectivity index (χ0n) is 18.0. The Balaban J connectivity index is 1.61. The zero-order chi connectivity index (χ0) is 21.7. The van der Waals surface area contributed by atoms with E-state index in [9.17, 15) is 4.79 Å². The Labute approximate surface area is 177 Å². The number of carbonyl (C=O) groups excluding carboxylic acids is 1. The summed E-state index contributed by atoms with van der Waals surface area (Å²) in [4.78, 5) is 12.0. The highest BCUT2D eigenvalue weighted by Crippen LogP contribution is 2.22. The number of hydrogen-bond acceptors (Lipinski definition) is 4. The lowest BCUT2D eigenvalue weighted by Crippen LogP contribution is -2.24. The van der Waals surface area contributed by atoms with Crippen LogP contribution in [0.5, 0.6) is 11.5 Å². The van der Waals surface area contributed by atoms with Crippen molar-refractivity contribution in [1.82, 2.24) is 9.99 Å². The normalized spacial score (nSPS) is 11.0. The monoisotopic (exact) mass is 405 g/mol. The van der Waals surface area contributed by atoms with Gasteiger partial charge in [-0.2, -0.15) is 5.10 Å². The van der Waals surface area contributed by atoms with Crippen LogP contribution in [0.3, 0.4) is 0 Å². The molecule has 1 aromatic heterocycles. The lowest BCUT2D eigenvalue weighted by atomic mass is 10.1. The van der Waals surface area contributed by atoms with Crippen molar-refractivity contribution in [2.75, 3.05) is 13.7 Å². The van der Waals surface area contributed by atoms with Gasteiger partial charge in [-0.3, -0.25) is 4.79 Å². The minimum absolute atomic E-state index is 0.120. The highest BCUT2D eigenvalue weighted by molar-refractivity contribution is 5.84. The number of nitrogens with zero attached hydrogens (tertiary/aromatic N) is 2. The summed E-state index contributed by atoms with van der Waals surface area (Å²) in [6.07, 6.45) is 1.66. The summed E-state index contributed by atoms with van der Waals surface area (Å²) >= 11 is 0. The van der Waals surface area contributed by atoms with Gasteiger partial charge in [-0.05, 0) is 81.3 Å². The molecular formula is C24H27N3O3. The van der Waals surface area contributed by atoms with Gasteiger partial charge >= 0.3 is 0 Å². The second-order valence-electron chi connectivity index (χ2n) is 7.19. The molecule has 0 aliphatic heterocycles. The molecule has 1 heterocycles. The highest BCUT2D eigenvalue weighted by Gasteiger charge is 2.10. The average Bonchev–Trinajstić information content (AvgIpc) is 3.02. The SMILES string of the molecule is COc1ccc(OCC(=O)N/N=C\c2cc(C)n(-c3ccc(C)c(C)c3)c2C)cc1. The molecule has 0 aliphatic rings. The van der Waals surface area contributed by atoms with Gasteiger partial charge in [-0.1, -0.05) is 6.07 Å². The lowest BCUT2D eigenvalue weighted by Gasteiger charge is -2.11. The van der Waals surface area contributed by atoms with Crippen LogP contribution >= 0.6 is 0 Å². The van der Waals surface area contributed by atoms with Crippen molar-refractivity contribution in [1.29, 1.82) is 0 Å². The highest BCUT2D eigenvalue weighted by atomic mass is 16.5. The van der Waals surface area contributed by atoms with E-state index in [2.05, 4.69) is 54.1 Å². The summed E-state index contributed by atoms with van der Waals surface area (Å²) in [5, 5.41) is 4.08. The first kappa shape index (κ1) is 21.2. The third-order valence-corrected chi connectivity index (χ3v) is 5.04. The Hall–Kier alpha value is -3.54. The van der Waals surface area contributed by atoms with Gasteiger partial charge in [-0.25, -0.2) is 5.43 Å². The van der Waals surface area contributed by atoms with E-state index in [0.29, 0.717) is 5.75 Å². The van der Waals surface area contributed by atoms with Crippen LogP contribution in [0.25, 0.3) is 5.69 Å². The molecule has 0 spiro atoms. The molecule has 0 saturated heterocycles. The molecule has 3 aromatic rings. The maximum Gasteiger partial charge on any atom is 0.277 e. The van der Waals surface area contributed by atoms with Crippen LogP contribution in [0.4, 0.5) is 0 Å². The van der Waals surface area contributed by atoms with E-state index in [1.165, 1.54) is 11.1 Å². The number of ether oxygens (including phenoxy) is 2. The van der Waals surface area contributed by atoms with Crippen molar-refractivity contribution in [3.05, 3.63) is 76.6 Å². The molecule has 0 unspecified atom stereocenters. The van der Waals surface area contributed by atoms with E-state index < -0.39 is 0 Å². The number of benzene rings is 2. The number of aryl methyl sites for hydroxylation is 3. The summed E-state index contributed by atoms with van der Waals surface area (Å²) < 4.78 is 12.7. The van der Waals surface area contributed by atoms with Gasteiger partial charge in [0.2, 0.25) is 0 Å². The van der Waals surface area contributed by atoms with Crippen LogP contribution in [0.1, 0.15) is 28.1 Å². The van der Waals surface area contributed by atoms with Crippen molar-refractivity contribution in [2.24, 2.45) is 5.10 Å². The molecule has 0 bridgehead atoms. The Morgan fingerprint density at radius 1 is 1.00 bits per heavy atom. The van der Waals surface area contributed by atoms with E-state index in [1.54, 1.807) is 37.6 Å². The molecule has 1 amide bonds. The molecular weight excluding hydrogens is 378 g/mol. The first-order valence-electron chi connectivity index (χ1n) is 9.74. The van der Waals surface area contributed by atoms with Gasteiger partial charge in [0.1, 0.15) is 11.5 Å². The van der Waals surface area contributed by atoms with Crippen LogP contribution in [-0.4, -0.2) is 30.4 Å². The summed E-state index contributed by atoms with van der Waals surface area (Å²) in [5.74, 6) is 0.992. The number of amides is 1. The molecule has 6 nitrogen and oxygen atoms in total. The zero-order valence-corrected chi connectivity index (χ0v) is 18.0. The van der Waals surface area contributed by atoms with E-state index in [0.717, 1.165) is 28.4 Å². The molecule has 0 atom stereocenters. The van der Waals surface area contributed by atoms with Crippen LogP contribution in [0.2, 0.25) is 0 Å². The fraction of sp³-hybridized carbons (Fsp3) is 0.250. The fourth-order valence-corrected chi connectivity index (χ4v) is 3.21. The van der Waals surface area contributed by atoms with Gasteiger partial charge in [-0.15, -0.1) is 0 Å². The molecule has 1 N–H and O–H groups in total. The standard InChI is InChI=1S/C24H27N3O3/c1-16-6-7-21(12-17(16)2)27-18(3)13-20(19(27)4)14-25-26-24(28)15-30-23-10-8-22(29-5)9-11-23/h6-14H,15H2,1-5H3,(H,26,28)/b25-14-. The van der Waals surface area contributed by atoms with Gasteiger partial charge in [0.15, 0.2) is 6.61 Å². The molecule has 6 heteroatoms. The molecule has 156 valence electrons. The molecule has 3 rings (SSSR count). The summed E-state index contributed by atoms with van der Waals surface area (Å²) in [5.41, 5.74) is 9.25. The molecule has 0 fully saturated rings. The quantitative estimate of drug-likeness (QED) is 0.472. The number of nitrogens with one attached hydrogen (secondary N) is 1. The summed E-state index contributed by atoms with van der Waals surface area (Å²) in [7, 11) is 1.60. The second kappa shape index (κ2) is 9.31. The Morgan fingerprint density at radius 3 is 2.37 bits per heavy atom. The first-order valence-corrected chi connectivity index (χ1v) is 9.74. The van der Waals surface area contributed by atoms with Crippen LogP contribution in [0.15, 0.2) is 53.6 Å². The smallest absolute Gasteiger partial charge is 0.277 e. The largest absolute Gasteiger partial charge is 0.497 e. The third kappa shape index (κ3) is 4.89. The number of carbonyl (C=O) groups is 1. The van der Waals surface area contributed by atoms with Crippen LogP contribution in [-0.2, 0) is 4.79 Å². The number of hydrogen-bond donors (Lipinski definition) is 1. The van der Waals surface area contributed by atoms with E-state index in [4.69, 9.17) is 9.47 Å². The summed E-state index contributed by atoms with van der Waals surface area (Å²) in [6, 6.07) is 15.5. The van der Waals surface area contributed by atoms with Crippen LogP contribution in [0, 0.1) is 27.7 Å². The number of rotatable bonds is 7. The van der Waals surface area contributed by atoms with Crippen molar-refractivity contribution < 1.29 is 14.3 Å². The number of hydrazone groups is 1. The molecule has 0 aliphatic carbocycles. The maximum atomic E-state index is 12.0. The maximum absolute atomic E-state index is 12.0. The van der Waals surface area contributed by atoms with E-state index >= 15 is 0 Å². The predicted molar refractivity (Wildman–Crippen MR) is 119 cm³/mol. The topological polar surface area (TPSA) is 64.8 Å². The minimum Gasteiger partial charge on any atom is -0.497 e. The van der Waals surface area contributed by atoms with Gasteiger partial charge in [0.05, 0.1) is 13.3 Å². The average molecular weight is 405 g/mol. The van der Waals surface area contributed by atoms with Gasteiger partial charge < -0.3 is 14.0 Å². The Morgan fingerprint density at radius 2 is 1.70 bits per heavy atom. The minimum atomic E-state index is -0.329. The lowest BCUT2D eigenvalue weighted by molar-refractivity contribution is -0.123. The molecule has 0 radical (unpaired) electrons. The summed E-state index contributed by atoms with van der Waals surface area (Å²) in [6.45, 7) is 8.19. The second-order valence-corrected chi connectivity index (χ2v) is 7.19. The molecule has 30 heavy (non-hydrogen) atoms. The first-order chi connectivity index (χ1) is 14.4. The predicted octanol–water partition coefficient (Wildman–Crippen LogP) is 4.25. The van der Waals surface area contributed by atoms with E-state index in [-0.39, 0.29) is 12.5 Å². The van der Waals surface area contributed by atoms with Gasteiger partial charge in [0, 0.05) is 22.6 Å². The third-order valence-electron chi connectivity index (χ3n) is 5.04. The fourth-order valence-electron chi connectivity index (χ4n) is 3.21. The molecule has 2 aromatic carbocycles. The van der Waals surface area contributed by atoms with Crippen molar-refractivity contribution in [3.63, 3.8) is 0 Å². The van der Waals surface area contributed by atoms with Crippen LogP contribution < -0.4 is 14.9 Å².